The largest absolute Gasteiger partial charge is 0.396 e. The fraction of sp³-hybridized carbons (Fsp3) is 0.714. The van der Waals surface area contributed by atoms with Crippen LogP contribution in [-0.2, 0) is 11.3 Å². The smallest absolute Gasteiger partial charge is 0.242 e. The fourth-order valence-corrected chi connectivity index (χ4v) is 2.35. The summed E-state index contributed by atoms with van der Waals surface area (Å²) in [5, 5.41) is 7.43. The Morgan fingerprint density at radius 3 is 2.16 bits per heavy atom. The van der Waals surface area contributed by atoms with E-state index in [0.717, 1.165) is 30.7 Å². The Labute approximate surface area is 115 Å². The topological polar surface area (TPSA) is 72.9 Å². The quantitative estimate of drug-likeness (QED) is 0.828. The molecule has 0 fully saturated rings. The van der Waals surface area contributed by atoms with Crippen LogP contribution in [0.1, 0.15) is 51.4 Å². The summed E-state index contributed by atoms with van der Waals surface area (Å²) in [6.07, 6.45) is 2.81. The Hall–Kier alpha value is -1.52. The van der Waals surface area contributed by atoms with Gasteiger partial charge in [0.1, 0.15) is 6.54 Å². The zero-order valence-electron chi connectivity index (χ0n) is 12.7. The van der Waals surface area contributed by atoms with Gasteiger partial charge in [0.25, 0.3) is 0 Å². The maximum atomic E-state index is 12.2. The molecule has 0 aliphatic rings. The summed E-state index contributed by atoms with van der Waals surface area (Å²) >= 11 is 0. The van der Waals surface area contributed by atoms with Crippen LogP contribution in [-0.4, -0.2) is 21.2 Å². The van der Waals surface area contributed by atoms with Gasteiger partial charge in [0.2, 0.25) is 5.91 Å². The second-order valence-corrected chi connectivity index (χ2v) is 5.13. The van der Waals surface area contributed by atoms with Crippen molar-refractivity contribution in [2.24, 2.45) is 0 Å². The molecule has 0 aliphatic heterocycles. The summed E-state index contributed by atoms with van der Waals surface area (Å²) in [7, 11) is 0. The standard InChI is InChI=1S/C14H26N4O/c1-6-14(7-2,8-3)16-12(19)9-18-11(5)13(15)10(4)17-18/h6-9,15H2,1-5H3,(H,16,19). The second kappa shape index (κ2) is 6.08. The number of aromatic nitrogens is 2. The van der Waals surface area contributed by atoms with E-state index in [9.17, 15) is 4.79 Å². The molecule has 0 aliphatic carbocycles. The Bertz CT molecular complexity index is 438. The van der Waals surface area contributed by atoms with E-state index in [4.69, 9.17) is 5.73 Å². The molecule has 5 nitrogen and oxygen atoms in total. The zero-order chi connectivity index (χ0) is 14.6. The molecule has 0 atom stereocenters. The maximum Gasteiger partial charge on any atom is 0.242 e. The van der Waals surface area contributed by atoms with Gasteiger partial charge in [-0.1, -0.05) is 20.8 Å². The van der Waals surface area contributed by atoms with Gasteiger partial charge >= 0.3 is 0 Å². The monoisotopic (exact) mass is 266 g/mol. The number of hydrogen-bond donors (Lipinski definition) is 2. The van der Waals surface area contributed by atoms with E-state index in [1.807, 2.05) is 13.8 Å². The molecule has 0 saturated carbocycles. The summed E-state index contributed by atoms with van der Waals surface area (Å²) in [6, 6.07) is 0. The molecule has 3 N–H and O–H groups in total. The van der Waals surface area contributed by atoms with Gasteiger partial charge in [-0.2, -0.15) is 5.10 Å². The lowest BCUT2D eigenvalue weighted by atomic mass is 9.90. The van der Waals surface area contributed by atoms with E-state index in [2.05, 4.69) is 31.2 Å². The lowest BCUT2D eigenvalue weighted by molar-refractivity contribution is -0.124. The van der Waals surface area contributed by atoms with Crippen LogP contribution in [0.25, 0.3) is 0 Å². The van der Waals surface area contributed by atoms with Crippen molar-refractivity contribution in [1.82, 2.24) is 15.1 Å². The molecule has 1 heterocycles. The SMILES string of the molecule is CCC(CC)(CC)NC(=O)Cn1nc(C)c(N)c1C. The van der Waals surface area contributed by atoms with E-state index >= 15 is 0 Å². The maximum absolute atomic E-state index is 12.2. The molecule has 0 bridgehead atoms. The number of nitrogens with one attached hydrogen (secondary N) is 1. The van der Waals surface area contributed by atoms with Gasteiger partial charge in [-0.15, -0.1) is 0 Å². The number of carbonyl (C=O) groups excluding carboxylic acids is 1. The number of amides is 1. The molecule has 0 aromatic carbocycles. The van der Waals surface area contributed by atoms with Crippen molar-refractivity contribution in [3.05, 3.63) is 11.4 Å². The van der Waals surface area contributed by atoms with Crippen molar-refractivity contribution in [3.63, 3.8) is 0 Å². The first-order valence-corrected chi connectivity index (χ1v) is 6.99. The normalized spacial score (nSPS) is 11.6. The number of nitrogens with zero attached hydrogens (tertiary/aromatic N) is 2. The number of carbonyl (C=O) groups is 1. The minimum absolute atomic E-state index is 0.00356. The van der Waals surface area contributed by atoms with Crippen LogP contribution >= 0.6 is 0 Å². The van der Waals surface area contributed by atoms with Gasteiger partial charge in [-0.3, -0.25) is 9.48 Å². The van der Waals surface area contributed by atoms with E-state index in [1.165, 1.54) is 0 Å². The summed E-state index contributed by atoms with van der Waals surface area (Å²) in [4.78, 5) is 12.2. The highest BCUT2D eigenvalue weighted by molar-refractivity contribution is 5.76. The van der Waals surface area contributed by atoms with Gasteiger partial charge in [0.15, 0.2) is 0 Å². The predicted molar refractivity (Wildman–Crippen MR) is 77.9 cm³/mol. The number of nitrogens with two attached hydrogens (primary N) is 1. The Kier molecular flexibility index (Phi) is 4.97. The van der Waals surface area contributed by atoms with Crippen molar-refractivity contribution in [1.29, 1.82) is 0 Å². The minimum Gasteiger partial charge on any atom is -0.396 e. The molecule has 1 rings (SSSR count). The highest BCUT2D eigenvalue weighted by Gasteiger charge is 2.26. The zero-order valence-corrected chi connectivity index (χ0v) is 12.7. The van der Waals surface area contributed by atoms with Crippen LogP contribution in [0.2, 0.25) is 0 Å². The summed E-state index contributed by atoms with van der Waals surface area (Å²) in [5.74, 6) is -0.00356. The Balaban J connectivity index is 2.77. The Morgan fingerprint density at radius 1 is 1.26 bits per heavy atom. The molecule has 1 amide bonds. The third-order valence-electron chi connectivity index (χ3n) is 4.17. The molecule has 1 aromatic rings. The summed E-state index contributed by atoms with van der Waals surface area (Å²) < 4.78 is 1.67. The van der Waals surface area contributed by atoms with Crippen molar-refractivity contribution in [2.45, 2.75) is 66.0 Å². The van der Waals surface area contributed by atoms with E-state index < -0.39 is 0 Å². The lowest BCUT2D eigenvalue weighted by Crippen LogP contribution is -2.48. The lowest BCUT2D eigenvalue weighted by Gasteiger charge is -2.31. The molecule has 5 heteroatoms. The number of hydrogen-bond acceptors (Lipinski definition) is 3. The second-order valence-electron chi connectivity index (χ2n) is 5.13. The average molecular weight is 266 g/mol. The van der Waals surface area contributed by atoms with E-state index in [1.54, 1.807) is 4.68 Å². The first-order valence-electron chi connectivity index (χ1n) is 6.99. The first kappa shape index (κ1) is 15.5. The molecule has 108 valence electrons. The highest BCUT2D eigenvalue weighted by Crippen LogP contribution is 2.19. The van der Waals surface area contributed by atoms with Crippen molar-refractivity contribution >= 4 is 11.6 Å². The molecule has 0 saturated heterocycles. The van der Waals surface area contributed by atoms with Gasteiger partial charge in [0, 0.05) is 5.54 Å². The predicted octanol–water partition coefficient (Wildman–Crippen LogP) is 2.17. The first-order chi connectivity index (χ1) is 8.89. The van der Waals surface area contributed by atoms with E-state index in [-0.39, 0.29) is 18.0 Å². The van der Waals surface area contributed by atoms with E-state index in [0.29, 0.717) is 5.69 Å². The fourth-order valence-electron chi connectivity index (χ4n) is 2.35. The number of aryl methyl sites for hydroxylation is 1. The van der Waals surface area contributed by atoms with Crippen LogP contribution in [0.15, 0.2) is 0 Å². The van der Waals surface area contributed by atoms with Crippen LogP contribution in [0, 0.1) is 13.8 Å². The number of rotatable bonds is 6. The van der Waals surface area contributed by atoms with Gasteiger partial charge in [-0.25, -0.2) is 0 Å². The van der Waals surface area contributed by atoms with Crippen LogP contribution < -0.4 is 11.1 Å². The minimum atomic E-state index is -0.0985. The molecular weight excluding hydrogens is 240 g/mol. The number of anilines is 1. The molecule has 19 heavy (non-hydrogen) atoms. The number of nitrogen functional groups attached to an aromatic ring is 1. The van der Waals surface area contributed by atoms with Gasteiger partial charge in [0.05, 0.1) is 17.1 Å². The van der Waals surface area contributed by atoms with Crippen molar-refractivity contribution < 1.29 is 4.79 Å². The van der Waals surface area contributed by atoms with Crippen molar-refractivity contribution in [3.8, 4) is 0 Å². The van der Waals surface area contributed by atoms with Crippen LogP contribution in [0.3, 0.4) is 0 Å². The molecule has 0 spiro atoms. The third kappa shape index (κ3) is 3.28. The van der Waals surface area contributed by atoms with Crippen molar-refractivity contribution in [2.75, 3.05) is 5.73 Å². The van der Waals surface area contributed by atoms with Crippen LogP contribution in [0.4, 0.5) is 5.69 Å². The van der Waals surface area contributed by atoms with Crippen LogP contribution in [0.5, 0.6) is 0 Å². The molecule has 1 aromatic heterocycles. The summed E-state index contributed by atoms with van der Waals surface area (Å²) in [5.41, 5.74) is 8.06. The Morgan fingerprint density at radius 2 is 1.79 bits per heavy atom. The molecular formula is C14H26N4O. The summed E-state index contributed by atoms with van der Waals surface area (Å²) in [6.45, 7) is 10.3. The molecule has 0 unspecified atom stereocenters. The van der Waals surface area contributed by atoms with Gasteiger partial charge < -0.3 is 11.1 Å². The third-order valence-corrected chi connectivity index (χ3v) is 4.17. The molecule has 0 radical (unpaired) electrons. The van der Waals surface area contributed by atoms with Gasteiger partial charge in [-0.05, 0) is 33.1 Å². The average Bonchev–Trinajstić information content (AvgIpc) is 2.64. The highest BCUT2D eigenvalue weighted by atomic mass is 16.2.